The molecule has 0 fully saturated rings. The van der Waals surface area contributed by atoms with E-state index in [2.05, 4.69) is 10.4 Å². The van der Waals surface area contributed by atoms with E-state index in [9.17, 15) is 9.59 Å². The van der Waals surface area contributed by atoms with Crippen molar-refractivity contribution < 1.29 is 9.53 Å². The molecule has 0 spiro atoms. The lowest BCUT2D eigenvalue weighted by molar-refractivity contribution is -0.122. The van der Waals surface area contributed by atoms with Crippen LogP contribution in [0.5, 0.6) is 5.75 Å². The molecule has 1 heterocycles. The molecule has 1 N–H and O–H groups in total. The van der Waals surface area contributed by atoms with Gasteiger partial charge in [0, 0.05) is 6.07 Å². The Hall–Kier alpha value is -2.63. The molecule has 2 rings (SSSR count). The second-order valence-corrected chi connectivity index (χ2v) is 4.48. The summed E-state index contributed by atoms with van der Waals surface area (Å²) in [4.78, 5) is 23.2. The van der Waals surface area contributed by atoms with Gasteiger partial charge in [0.1, 0.15) is 18.9 Å². The number of hydrogen-bond acceptors (Lipinski definition) is 4. The fraction of sp³-hybridized carbons (Fsp3) is 0.267. The zero-order valence-electron chi connectivity index (χ0n) is 11.8. The first kappa shape index (κ1) is 14.8. The first-order valence-corrected chi connectivity index (χ1v) is 6.64. The molecule has 1 aromatic heterocycles. The number of nitrogens with one attached hydrogen (secondary N) is 1. The fourth-order valence-electron chi connectivity index (χ4n) is 1.73. The fourth-order valence-corrected chi connectivity index (χ4v) is 1.73. The highest BCUT2D eigenvalue weighted by Gasteiger charge is 2.05. The Bertz CT molecular complexity index is 653. The van der Waals surface area contributed by atoms with Crippen molar-refractivity contribution in [2.24, 2.45) is 0 Å². The molecule has 0 saturated carbocycles. The van der Waals surface area contributed by atoms with Crippen LogP contribution in [0.15, 0.2) is 47.3 Å². The zero-order chi connectivity index (χ0) is 15.1. The van der Waals surface area contributed by atoms with E-state index >= 15 is 0 Å². The van der Waals surface area contributed by atoms with Gasteiger partial charge >= 0.3 is 0 Å². The van der Waals surface area contributed by atoms with Crippen LogP contribution in [-0.4, -0.2) is 28.8 Å². The van der Waals surface area contributed by atoms with Crippen molar-refractivity contribution in [3.05, 3.63) is 58.5 Å². The Morgan fingerprint density at radius 3 is 2.76 bits per heavy atom. The normalized spacial score (nSPS) is 10.1. The highest BCUT2D eigenvalue weighted by Crippen LogP contribution is 2.07. The number of aryl methyl sites for hydroxylation is 1. The first-order chi connectivity index (χ1) is 10.1. The number of benzene rings is 1. The van der Waals surface area contributed by atoms with E-state index in [0.29, 0.717) is 18.8 Å². The minimum atomic E-state index is -0.295. The van der Waals surface area contributed by atoms with Gasteiger partial charge in [0.05, 0.1) is 12.2 Å². The van der Waals surface area contributed by atoms with Crippen LogP contribution in [0.25, 0.3) is 0 Å². The Kier molecular flexibility index (Phi) is 5.09. The SMILES string of the molecule is Cc1ccc(=O)n(CC(=O)NCCOc2ccccc2)n1. The van der Waals surface area contributed by atoms with E-state index in [1.807, 2.05) is 30.3 Å². The van der Waals surface area contributed by atoms with Crippen LogP contribution < -0.4 is 15.6 Å². The van der Waals surface area contributed by atoms with E-state index in [1.54, 1.807) is 13.0 Å². The summed E-state index contributed by atoms with van der Waals surface area (Å²) < 4.78 is 6.59. The molecule has 0 aliphatic rings. The van der Waals surface area contributed by atoms with Gasteiger partial charge in [-0.1, -0.05) is 18.2 Å². The highest BCUT2D eigenvalue weighted by atomic mass is 16.5. The molecule has 0 unspecified atom stereocenters. The van der Waals surface area contributed by atoms with Crippen LogP contribution in [0.3, 0.4) is 0 Å². The minimum absolute atomic E-state index is 0.0914. The second kappa shape index (κ2) is 7.23. The van der Waals surface area contributed by atoms with Crippen LogP contribution in [-0.2, 0) is 11.3 Å². The molecule has 0 aliphatic carbocycles. The molecule has 6 heteroatoms. The van der Waals surface area contributed by atoms with Crippen molar-refractivity contribution in [1.82, 2.24) is 15.1 Å². The third-order valence-electron chi connectivity index (χ3n) is 2.73. The minimum Gasteiger partial charge on any atom is -0.492 e. The van der Waals surface area contributed by atoms with E-state index in [-0.39, 0.29) is 18.0 Å². The molecule has 2 aromatic rings. The molecule has 21 heavy (non-hydrogen) atoms. The van der Waals surface area contributed by atoms with Gasteiger partial charge in [0.15, 0.2) is 0 Å². The topological polar surface area (TPSA) is 73.2 Å². The molecule has 1 aromatic carbocycles. The van der Waals surface area contributed by atoms with Crippen LogP contribution >= 0.6 is 0 Å². The van der Waals surface area contributed by atoms with Gasteiger partial charge in [0.25, 0.3) is 5.56 Å². The quantitative estimate of drug-likeness (QED) is 0.796. The second-order valence-electron chi connectivity index (χ2n) is 4.48. The Morgan fingerprint density at radius 2 is 2.00 bits per heavy atom. The third-order valence-corrected chi connectivity index (χ3v) is 2.73. The number of hydrogen-bond donors (Lipinski definition) is 1. The van der Waals surface area contributed by atoms with Crippen LogP contribution in [0, 0.1) is 6.92 Å². The van der Waals surface area contributed by atoms with Crippen molar-refractivity contribution in [3.8, 4) is 5.75 Å². The highest BCUT2D eigenvalue weighted by molar-refractivity contribution is 5.75. The predicted octanol–water partition coefficient (Wildman–Crippen LogP) is 0.747. The molecule has 110 valence electrons. The maximum atomic E-state index is 11.7. The van der Waals surface area contributed by atoms with Crippen molar-refractivity contribution in [3.63, 3.8) is 0 Å². The third kappa shape index (κ3) is 4.76. The van der Waals surface area contributed by atoms with Crippen LogP contribution in [0.2, 0.25) is 0 Å². The number of carbonyl (C=O) groups excluding carboxylic acids is 1. The summed E-state index contributed by atoms with van der Waals surface area (Å²) in [5.41, 5.74) is 0.395. The predicted molar refractivity (Wildman–Crippen MR) is 78.2 cm³/mol. The summed E-state index contributed by atoms with van der Waals surface area (Å²) in [7, 11) is 0. The first-order valence-electron chi connectivity index (χ1n) is 6.64. The van der Waals surface area contributed by atoms with Gasteiger partial charge in [-0.3, -0.25) is 9.59 Å². The maximum absolute atomic E-state index is 11.7. The van der Waals surface area contributed by atoms with Gasteiger partial charge < -0.3 is 10.1 Å². The lowest BCUT2D eigenvalue weighted by Crippen LogP contribution is -2.35. The number of amides is 1. The molecular formula is C15H17N3O3. The Labute approximate surface area is 122 Å². The largest absolute Gasteiger partial charge is 0.492 e. The number of carbonyl (C=O) groups is 1. The summed E-state index contributed by atoms with van der Waals surface area (Å²) in [5.74, 6) is 0.482. The van der Waals surface area contributed by atoms with Gasteiger partial charge in [0.2, 0.25) is 5.91 Å². The number of rotatable bonds is 6. The van der Waals surface area contributed by atoms with Gasteiger partial charge in [-0.2, -0.15) is 5.10 Å². The van der Waals surface area contributed by atoms with E-state index in [4.69, 9.17) is 4.74 Å². The molecule has 6 nitrogen and oxygen atoms in total. The monoisotopic (exact) mass is 287 g/mol. The molecule has 0 radical (unpaired) electrons. The van der Waals surface area contributed by atoms with Crippen LogP contribution in [0.4, 0.5) is 0 Å². The maximum Gasteiger partial charge on any atom is 0.267 e. The number of para-hydroxylation sites is 1. The lowest BCUT2D eigenvalue weighted by Gasteiger charge is -2.08. The Balaban J connectivity index is 1.75. The summed E-state index contributed by atoms with van der Waals surface area (Å²) in [6.45, 7) is 2.41. The smallest absolute Gasteiger partial charge is 0.267 e. The molecule has 0 atom stereocenters. The average molecular weight is 287 g/mol. The summed E-state index contributed by atoms with van der Waals surface area (Å²) in [5, 5.41) is 6.69. The number of aromatic nitrogens is 2. The van der Waals surface area contributed by atoms with Crippen molar-refractivity contribution in [2.45, 2.75) is 13.5 Å². The van der Waals surface area contributed by atoms with Crippen molar-refractivity contribution in [2.75, 3.05) is 13.2 Å². The lowest BCUT2D eigenvalue weighted by atomic mass is 10.3. The van der Waals surface area contributed by atoms with Crippen molar-refractivity contribution in [1.29, 1.82) is 0 Å². The average Bonchev–Trinajstić information content (AvgIpc) is 2.48. The Morgan fingerprint density at radius 1 is 1.24 bits per heavy atom. The van der Waals surface area contributed by atoms with Gasteiger partial charge in [-0.05, 0) is 25.1 Å². The molecule has 0 saturated heterocycles. The molecular weight excluding hydrogens is 270 g/mol. The summed E-state index contributed by atoms with van der Waals surface area (Å²) in [6, 6.07) is 12.4. The summed E-state index contributed by atoms with van der Waals surface area (Å²) >= 11 is 0. The molecule has 0 bridgehead atoms. The number of nitrogens with zero attached hydrogens (tertiary/aromatic N) is 2. The van der Waals surface area contributed by atoms with E-state index in [1.165, 1.54) is 6.07 Å². The van der Waals surface area contributed by atoms with Crippen LogP contribution in [0.1, 0.15) is 5.69 Å². The number of ether oxygens (including phenoxy) is 1. The van der Waals surface area contributed by atoms with E-state index in [0.717, 1.165) is 10.4 Å². The van der Waals surface area contributed by atoms with E-state index < -0.39 is 0 Å². The van der Waals surface area contributed by atoms with Gasteiger partial charge in [-0.15, -0.1) is 0 Å². The van der Waals surface area contributed by atoms with Crippen molar-refractivity contribution >= 4 is 5.91 Å². The van der Waals surface area contributed by atoms with Gasteiger partial charge in [-0.25, -0.2) is 4.68 Å². The molecule has 0 aliphatic heterocycles. The summed E-state index contributed by atoms with van der Waals surface area (Å²) in [6.07, 6.45) is 0. The zero-order valence-corrected chi connectivity index (χ0v) is 11.8. The standard InChI is InChI=1S/C15H17N3O3/c1-12-7-8-15(20)18(17-12)11-14(19)16-9-10-21-13-5-3-2-4-6-13/h2-8H,9-11H2,1H3,(H,16,19). The molecule has 1 amide bonds.